The van der Waals surface area contributed by atoms with Crippen molar-refractivity contribution >= 4 is 17.8 Å². The summed E-state index contributed by atoms with van der Waals surface area (Å²) in [6, 6.07) is 11.4. The molecule has 2 heterocycles. The predicted molar refractivity (Wildman–Crippen MR) is 96.7 cm³/mol. The Morgan fingerprint density at radius 3 is 2.74 bits per heavy atom. The molecule has 2 amide bonds. The maximum Gasteiger partial charge on any atom is 0.317 e. The van der Waals surface area contributed by atoms with E-state index in [4.69, 9.17) is 0 Å². The van der Waals surface area contributed by atoms with Gasteiger partial charge in [-0.25, -0.2) is 4.79 Å². The summed E-state index contributed by atoms with van der Waals surface area (Å²) in [7, 11) is 0. The summed E-state index contributed by atoms with van der Waals surface area (Å²) < 4.78 is 0. The zero-order valence-corrected chi connectivity index (χ0v) is 14.7. The molecule has 2 fully saturated rings. The monoisotopic (exact) mass is 333 g/mol. The van der Waals surface area contributed by atoms with Gasteiger partial charge in [0.15, 0.2) is 0 Å². The number of nitrogens with one attached hydrogen (secondary N) is 1. The third-order valence-corrected chi connectivity index (χ3v) is 5.80. The molecule has 0 saturated carbocycles. The van der Waals surface area contributed by atoms with Gasteiger partial charge in [0.05, 0.1) is 0 Å². The lowest BCUT2D eigenvalue weighted by Crippen LogP contribution is -2.45. The third kappa shape index (κ3) is 4.64. The minimum Gasteiger partial charge on any atom is -0.338 e. The molecule has 0 aliphatic carbocycles. The Labute approximate surface area is 143 Å². The van der Waals surface area contributed by atoms with Crippen molar-refractivity contribution in [3.63, 3.8) is 0 Å². The number of likely N-dealkylation sites (tertiary alicyclic amines) is 1. The van der Waals surface area contributed by atoms with Gasteiger partial charge >= 0.3 is 6.03 Å². The molecule has 126 valence electrons. The van der Waals surface area contributed by atoms with Crippen molar-refractivity contribution in [2.24, 2.45) is 5.92 Å². The van der Waals surface area contributed by atoms with Crippen LogP contribution in [0.2, 0.25) is 0 Å². The highest BCUT2D eigenvalue weighted by molar-refractivity contribution is 7.99. The van der Waals surface area contributed by atoms with Crippen molar-refractivity contribution in [3.05, 3.63) is 35.9 Å². The van der Waals surface area contributed by atoms with E-state index in [0.29, 0.717) is 12.0 Å². The highest BCUT2D eigenvalue weighted by Gasteiger charge is 2.29. The average Bonchev–Trinajstić information content (AvgIpc) is 2.94. The summed E-state index contributed by atoms with van der Waals surface area (Å²) >= 11 is 1.93. The van der Waals surface area contributed by atoms with Crippen molar-refractivity contribution in [2.75, 3.05) is 37.7 Å². The number of thioether (sulfide) groups is 1. The molecular formula is C18H27N3OS. The SMILES string of the molecule is CC1CC(CNC(=O)N2CCSCC2)CN1Cc1ccccc1. The van der Waals surface area contributed by atoms with Crippen LogP contribution in [0.1, 0.15) is 18.9 Å². The van der Waals surface area contributed by atoms with Gasteiger partial charge in [0.25, 0.3) is 0 Å². The van der Waals surface area contributed by atoms with Crippen LogP contribution in [-0.2, 0) is 6.54 Å². The Morgan fingerprint density at radius 1 is 1.26 bits per heavy atom. The summed E-state index contributed by atoms with van der Waals surface area (Å²) in [6.07, 6.45) is 1.17. The molecule has 4 nitrogen and oxygen atoms in total. The normalized spacial score (nSPS) is 25.5. The molecule has 2 aliphatic rings. The number of urea groups is 1. The average molecular weight is 334 g/mol. The molecule has 1 N–H and O–H groups in total. The standard InChI is InChI=1S/C18H27N3OS/c1-15-11-17(12-19-18(22)20-7-9-23-10-8-20)14-21(15)13-16-5-3-2-4-6-16/h2-6,15,17H,7-14H2,1H3,(H,19,22). The van der Waals surface area contributed by atoms with Gasteiger partial charge in [0, 0.05) is 50.3 Å². The minimum absolute atomic E-state index is 0.125. The summed E-state index contributed by atoms with van der Waals surface area (Å²) in [6.45, 7) is 6.96. The Bertz CT molecular complexity index is 504. The van der Waals surface area contributed by atoms with Crippen LogP contribution >= 0.6 is 11.8 Å². The van der Waals surface area contributed by atoms with E-state index in [0.717, 1.165) is 44.2 Å². The summed E-state index contributed by atoms with van der Waals surface area (Å²) in [5.74, 6) is 2.70. The second-order valence-electron chi connectivity index (χ2n) is 6.65. The van der Waals surface area contributed by atoms with Gasteiger partial charge in [0.1, 0.15) is 0 Å². The van der Waals surface area contributed by atoms with Crippen molar-refractivity contribution < 1.29 is 4.79 Å². The molecule has 1 aromatic carbocycles. The van der Waals surface area contributed by atoms with Gasteiger partial charge in [-0.15, -0.1) is 0 Å². The zero-order chi connectivity index (χ0) is 16.1. The van der Waals surface area contributed by atoms with Crippen LogP contribution in [-0.4, -0.2) is 59.6 Å². The van der Waals surface area contributed by atoms with Gasteiger partial charge < -0.3 is 10.2 Å². The number of amides is 2. The minimum atomic E-state index is 0.125. The molecule has 0 spiro atoms. The predicted octanol–water partition coefficient (Wildman–Crippen LogP) is 2.66. The topological polar surface area (TPSA) is 35.6 Å². The number of carbonyl (C=O) groups excluding carboxylic acids is 1. The molecule has 2 saturated heterocycles. The molecule has 3 rings (SSSR count). The fourth-order valence-electron chi connectivity index (χ4n) is 3.51. The van der Waals surface area contributed by atoms with Crippen LogP contribution in [0, 0.1) is 5.92 Å². The van der Waals surface area contributed by atoms with E-state index in [2.05, 4.69) is 47.5 Å². The highest BCUT2D eigenvalue weighted by Crippen LogP contribution is 2.24. The lowest BCUT2D eigenvalue weighted by Gasteiger charge is -2.27. The second-order valence-corrected chi connectivity index (χ2v) is 7.88. The largest absolute Gasteiger partial charge is 0.338 e. The van der Waals surface area contributed by atoms with E-state index in [1.165, 1.54) is 12.0 Å². The zero-order valence-electron chi connectivity index (χ0n) is 13.9. The summed E-state index contributed by atoms with van der Waals surface area (Å²) in [5, 5.41) is 3.15. The number of hydrogen-bond donors (Lipinski definition) is 1. The van der Waals surface area contributed by atoms with Crippen molar-refractivity contribution in [2.45, 2.75) is 25.9 Å². The number of hydrogen-bond acceptors (Lipinski definition) is 3. The summed E-state index contributed by atoms with van der Waals surface area (Å²) in [4.78, 5) is 16.7. The lowest BCUT2D eigenvalue weighted by atomic mass is 10.1. The van der Waals surface area contributed by atoms with E-state index in [1.807, 2.05) is 16.7 Å². The third-order valence-electron chi connectivity index (χ3n) is 4.86. The van der Waals surface area contributed by atoms with Crippen LogP contribution in [0.4, 0.5) is 4.79 Å². The Balaban J connectivity index is 1.44. The number of rotatable bonds is 4. The molecule has 0 aromatic heterocycles. The van der Waals surface area contributed by atoms with Crippen LogP contribution < -0.4 is 5.32 Å². The van der Waals surface area contributed by atoms with Gasteiger partial charge in [-0.1, -0.05) is 30.3 Å². The molecule has 2 atom stereocenters. The molecule has 2 aliphatic heterocycles. The fourth-order valence-corrected chi connectivity index (χ4v) is 4.42. The molecule has 0 radical (unpaired) electrons. The highest BCUT2D eigenvalue weighted by atomic mass is 32.2. The number of carbonyl (C=O) groups is 1. The van der Waals surface area contributed by atoms with Gasteiger partial charge in [0.2, 0.25) is 0 Å². The van der Waals surface area contributed by atoms with E-state index < -0.39 is 0 Å². The molecule has 0 bridgehead atoms. The van der Waals surface area contributed by atoms with Gasteiger partial charge in [-0.2, -0.15) is 11.8 Å². The van der Waals surface area contributed by atoms with Crippen molar-refractivity contribution in [1.82, 2.24) is 15.1 Å². The molecule has 1 aromatic rings. The van der Waals surface area contributed by atoms with Crippen LogP contribution in [0.5, 0.6) is 0 Å². The fraction of sp³-hybridized carbons (Fsp3) is 0.611. The van der Waals surface area contributed by atoms with E-state index in [1.54, 1.807) is 0 Å². The smallest absolute Gasteiger partial charge is 0.317 e. The van der Waals surface area contributed by atoms with Crippen molar-refractivity contribution in [3.8, 4) is 0 Å². The maximum absolute atomic E-state index is 12.2. The van der Waals surface area contributed by atoms with E-state index >= 15 is 0 Å². The molecule has 5 heteroatoms. The Kier molecular flexibility index (Phi) is 5.84. The first-order valence-corrected chi connectivity index (χ1v) is 9.76. The Morgan fingerprint density at radius 2 is 2.00 bits per heavy atom. The van der Waals surface area contributed by atoms with E-state index in [9.17, 15) is 4.79 Å². The Hall–Kier alpha value is -1.20. The molecule has 23 heavy (non-hydrogen) atoms. The first-order valence-electron chi connectivity index (χ1n) is 8.61. The van der Waals surface area contributed by atoms with Gasteiger partial charge in [-0.05, 0) is 24.8 Å². The van der Waals surface area contributed by atoms with Crippen LogP contribution in [0.25, 0.3) is 0 Å². The lowest BCUT2D eigenvalue weighted by molar-refractivity contribution is 0.200. The maximum atomic E-state index is 12.2. The first-order chi connectivity index (χ1) is 11.2. The number of nitrogens with zero attached hydrogens (tertiary/aromatic N) is 2. The summed E-state index contributed by atoms with van der Waals surface area (Å²) in [5.41, 5.74) is 1.37. The van der Waals surface area contributed by atoms with Crippen LogP contribution in [0.15, 0.2) is 30.3 Å². The van der Waals surface area contributed by atoms with Gasteiger partial charge in [-0.3, -0.25) is 4.90 Å². The van der Waals surface area contributed by atoms with Crippen molar-refractivity contribution in [1.29, 1.82) is 0 Å². The second kappa shape index (κ2) is 8.06. The number of benzene rings is 1. The van der Waals surface area contributed by atoms with E-state index in [-0.39, 0.29) is 6.03 Å². The van der Waals surface area contributed by atoms with Crippen LogP contribution in [0.3, 0.4) is 0 Å². The molecular weight excluding hydrogens is 306 g/mol. The quantitative estimate of drug-likeness (QED) is 0.920. The molecule has 2 unspecified atom stereocenters. The first kappa shape index (κ1) is 16.7.